The van der Waals surface area contributed by atoms with Gasteiger partial charge in [0, 0.05) is 5.02 Å². The van der Waals surface area contributed by atoms with Crippen LogP contribution in [0.15, 0.2) is 53.4 Å². The van der Waals surface area contributed by atoms with E-state index in [1.54, 1.807) is 36.4 Å². The van der Waals surface area contributed by atoms with Crippen LogP contribution in [0.5, 0.6) is 5.75 Å². The summed E-state index contributed by atoms with van der Waals surface area (Å²) in [6.45, 7) is -0.0984. The third-order valence-corrected chi connectivity index (χ3v) is 4.67. The third kappa shape index (κ3) is 5.50. The molecule has 6 nitrogen and oxygen atoms in total. The summed E-state index contributed by atoms with van der Waals surface area (Å²) in [5.41, 5.74) is 5.49. The highest BCUT2D eigenvalue weighted by Gasteiger charge is 2.12. The zero-order valence-electron chi connectivity index (χ0n) is 13.0. The van der Waals surface area contributed by atoms with Crippen molar-refractivity contribution in [3.05, 3.63) is 59.1 Å². The summed E-state index contributed by atoms with van der Waals surface area (Å²) >= 11 is 5.78. The van der Waals surface area contributed by atoms with Crippen LogP contribution in [0.1, 0.15) is 10.4 Å². The van der Waals surface area contributed by atoms with Crippen molar-refractivity contribution in [3.8, 4) is 17.6 Å². The monoisotopic (exact) mass is 378 g/mol. The van der Waals surface area contributed by atoms with Crippen LogP contribution in [0.3, 0.4) is 0 Å². The zero-order valence-corrected chi connectivity index (χ0v) is 14.6. The van der Waals surface area contributed by atoms with Gasteiger partial charge in [0.15, 0.2) is 0 Å². The molecule has 0 atom stereocenters. The first-order valence-corrected chi connectivity index (χ1v) is 8.99. The van der Waals surface area contributed by atoms with E-state index in [-0.39, 0.29) is 23.6 Å². The topological polar surface area (TPSA) is 98.5 Å². The van der Waals surface area contributed by atoms with Crippen LogP contribution in [0, 0.1) is 11.8 Å². The van der Waals surface area contributed by atoms with Gasteiger partial charge in [-0.3, -0.25) is 4.79 Å². The molecule has 0 fully saturated rings. The smallest absolute Gasteiger partial charge is 0.252 e. The number of nitrogens with two attached hydrogens (primary N) is 1. The van der Waals surface area contributed by atoms with Gasteiger partial charge in [-0.15, -0.1) is 0 Å². The number of para-hydroxylation sites is 1. The Labute approximate surface area is 151 Å². The number of primary amides is 1. The van der Waals surface area contributed by atoms with Gasteiger partial charge in [-0.05, 0) is 30.3 Å². The quantitative estimate of drug-likeness (QED) is 0.749. The summed E-state index contributed by atoms with van der Waals surface area (Å²) in [5, 5.41) is 0.329. The van der Waals surface area contributed by atoms with Gasteiger partial charge in [0.25, 0.3) is 5.91 Å². The minimum atomic E-state index is -3.68. The normalized spacial score (nSPS) is 10.6. The molecule has 0 unspecified atom stereocenters. The molecule has 2 aromatic carbocycles. The third-order valence-electron chi connectivity index (χ3n) is 3.03. The molecule has 0 aliphatic carbocycles. The number of hydrogen-bond donors (Lipinski definition) is 2. The highest BCUT2D eigenvalue weighted by molar-refractivity contribution is 7.89. The Balaban J connectivity index is 1.89. The van der Waals surface area contributed by atoms with Crippen LogP contribution in [-0.2, 0) is 10.0 Å². The molecule has 130 valence electrons. The molecule has 0 aliphatic heterocycles. The molecule has 0 heterocycles. The lowest BCUT2D eigenvalue weighted by Gasteiger charge is -2.06. The number of carbonyl (C=O) groups is 1. The fourth-order valence-corrected chi connectivity index (χ4v) is 3.10. The lowest BCUT2D eigenvalue weighted by Crippen LogP contribution is -2.24. The van der Waals surface area contributed by atoms with E-state index in [0.717, 1.165) is 0 Å². The van der Waals surface area contributed by atoms with Crippen LogP contribution in [0.2, 0.25) is 5.02 Å². The van der Waals surface area contributed by atoms with Crippen molar-refractivity contribution in [1.82, 2.24) is 4.72 Å². The summed E-state index contributed by atoms with van der Waals surface area (Å²) in [6.07, 6.45) is 0. The summed E-state index contributed by atoms with van der Waals surface area (Å²) in [6, 6.07) is 12.4. The van der Waals surface area contributed by atoms with E-state index in [1.807, 2.05) is 0 Å². The van der Waals surface area contributed by atoms with Gasteiger partial charge >= 0.3 is 0 Å². The molecule has 3 N–H and O–H groups in total. The van der Waals surface area contributed by atoms with E-state index < -0.39 is 15.9 Å². The Morgan fingerprint density at radius 2 is 1.92 bits per heavy atom. The second-order valence-electron chi connectivity index (χ2n) is 4.78. The summed E-state index contributed by atoms with van der Waals surface area (Å²) in [4.78, 5) is 11.3. The Morgan fingerprint density at radius 1 is 1.16 bits per heavy atom. The minimum Gasteiger partial charge on any atom is -0.480 e. The maximum absolute atomic E-state index is 12.0. The standard InChI is InChI=1S/C17H15ClN2O4S/c18-13-6-5-7-14(12-13)25(22,23)20-10-3-4-11-24-16-9-2-1-8-15(16)17(19)21/h1-2,5-9,12,20H,10-11H2,(H2,19,21). The molecule has 0 aliphatic rings. The lowest BCUT2D eigenvalue weighted by atomic mass is 10.2. The van der Waals surface area contributed by atoms with Crippen molar-refractivity contribution in [2.75, 3.05) is 13.2 Å². The van der Waals surface area contributed by atoms with E-state index in [4.69, 9.17) is 22.1 Å². The lowest BCUT2D eigenvalue weighted by molar-refractivity contribution is 0.0997. The average molecular weight is 379 g/mol. The molecule has 0 spiro atoms. The number of ether oxygens (including phenoxy) is 1. The number of amides is 1. The molecule has 2 rings (SSSR count). The van der Waals surface area contributed by atoms with Crippen LogP contribution in [0.4, 0.5) is 0 Å². The Kier molecular flexibility index (Phi) is 6.42. The number of rotatable bonds is 6. The van der Waals surface area contributed by atoms with E-state index in [9.17, 15) is 13.2 Å². The van der Waals surface area contributed by atoms with E-state index in [0.29, 0.717) is 10.8 Å². The first-order chi connectivity index (χ1) is 11.9. The molecule has 0 saturated carbocycles. The Morgan fingerprint density at radius 3 is 2.64 bits per heavy atom. The Hall–Kier alpha value is -2.53. The molecule has 2 aromatic rings. The largest absolute Gasteiger partial charge is 0.480 e. The maximum atomic E-state index is 12.0. The fourth-order valence-electron chi connectivity index (χ4n) is 1.87. The fraction of sp³-hybridized carbons (Fsp3) is 0.118. The van der Waals surface area contributed by atoms with Gasteiger partial charge in [0.2, 0.25) is 10.0 Å². The van der Waals surface area contributed by atoms with Gasteiger partial charge in [-0.1, -0.05) is 41.6 Å². The van der Waals surface area contributed by atoms with Crippen LogP contribution < -0.4 is 15.2 Å². The van der Waals surface area contributed by atoms with Crippen LogP contribution in [-0.4, -0.2) is 27.5 Å². The second-order valence-corrected chi connectivity index (χ2v) is 6.99. The highest BCUT2D eigenvalue weighted by atomic mass is 35.5. The highest BCUT2D eigenvalue weighted by Crippen LogP contribution is 2.17. The number of benzene rings is 2. The molecular weight excluding hydrogens is 364 g/mol. The number of sulfonamides is 1. The maximum Gasteiger partial charge on any atom is 0.252 e. The first-order valence-electron chi connectivity index (χ1n) is 7.13. The SMILES string of the molecule is NC(=O)c1ccccc1OCC#CCNS(=O)(=O)c1cccc(Cl)c1. The second kappa shape index (κ2) is 8.53. The molecule has 1 amide bonds. The van der Waals surface area contributed by atoms with Gasteiger partial charge in [-0.2, -0.15) is 4.72 Å². The number of carbonyl (C=O) groups excluding carboxylic acids is 1. The molecule has 0 bridgehead atoms. The summed E-state index contributed by atoms with van der Waals surface area (Å²) < 4.78 is 31.8. The minimum absolute atomic E-state index is 0.0107. The van der Waals surface area contributed by atoms with Gasteiger partial charge in [0.1, 0.15) is 12.4 Å². The van der Waals surface area contributed by atoms with Crippen molar-refractivity contribution in [3.63, 3.8) is 0 Å². The van der Waals surface area contributed by atoms with Gasteiger partial charge in [-0.25, -0.2) is 8.42 Å². The molecule has 8 heteroatoms. The first kappa shape index (κ1) is 18.8. The molecular formula is C17H15ClN2O4S. The van der Waals surface area contributed by atoms with E-state index in [1.165, 1.54) is 12.1 Å². The van der Waals surface area contributed by atoms with Crippen LogP contribution in [0.25, 0.3) is 0 Å². The molecule has 0 aromatic heterocycles. The van der Waals surface area contributed by atoms with Crippen molar-refractivity contribution in [1.29, 1.82) is 0 Å². The van der Waals surface area contributed by atoms with E-state index >= 15 is 0 Å². The van der Waals surface area contributed by atoms with E-state index in [2.05, 4.69) is 16.6 Å². The van der Waals surface area contributed by atoms with Crippen molar-refractivity contribution < 1.29 is 17.9 Å². The van der Waals surface area contributed by atoms with Crippen molar-refractivity contribution in [2.45, 2.75) is 4.90 Å². The number of halogens is 1. The number of nitrogens with one attached hydrogen (secondary N) is 1. The molecule has 0 radical (unpaired) electrons. The number of hydrogen-bond acceptors (Lipinski definition) is 4. The van der Waals surface area contributed by atoms with Crippen molar-refractivity contribution in [2.24, 2.45) is 5.73 Å². The van der Waals surface area contributed by atoms with Crippen LogP contribution >= 0.6 is 11.6 Å². The molecule has 25 heavy (non-hydrogen) atoms. The molecule has 0 saturated heterocycles. The summed E-state index contributed by atoms with van der Waals surface area (Å²) in [7, 11) is -3.68. The average Bonchev–Trinajstić information content (AvgIpc) is 2.58. The van der Waals surface area contributed by atoms with Gasteiger partial charge < -0.3 is 10.5 Å². The predicted octanol–water partition coefficient (Wildman–Crippen LogP) is 1.80. The van der Waals surface area contributed by atoms with Crippen molar-refractivity contribution >= 4 is 27.5 Å². The zero-order chi connectivity index (χ0) is 18.3. The summed E-state index contributed by atoms with van der Waals surface area (Å²) in [5.74, 6) is 5.01. The Bertz CT molecular complexity index is 933. The van der Waals surface area contributed by atoms with Gasteiger partial charge in [0.05, 0.1) is 17.0 Å². The predicted molar refractivity (Wildman–Crippen MR) is 94.9 cm³/mol.